The first-order valence-corrected chi connectivity index (χ1v) is 20.5. The van der Waals surface area contributed by atoms with Crippen LogP contribution in [0.5, 0.6) is 0 Å². The maximum absolute atomic E-state index is 13.0. The van der Waals surface area contributed by atoms with Crippen molar-refractivity contribution in [3.8, 4) is 0 Å². The molecule has 0 radical (unpaired) electrons. The third-order valence-corrected chi connectivity index (χ3v) is 11.1. The summed E-state index contributed by atoms with van der Waals surface area (Å²) < 4.78 is 11.1. The number of rotatable bonds is 27. The molecule has 8 nitrogen and oxygen atoms in total. The Morgan fingerprint density at radius 1 is 0.820 bits per heavy atom. The fraction of sp³-hybridized carbons (Fsp3) is 0.600. The van der Waals surface area contributed by atoms with Crippen LogP contribution in [0.2, 0.25) is 0 Å². The molecule has 0 aromatic rings. The van der Waals surface area contributed by atoms with E-state index in [1.165, 1.54) is 12.2 Å². The fourth-order valence-electron chi connectivity index (χ4n) is 4.89. The highest BCUT2D eigenvalue weighted by Gasteiger charge is 2.39. The van der Waals surface area contributed by atoms with Crippen molar-refractivity contribution in [2.75, 3.05) is 18.9 Å². The van der Waals surface area contributed by atoms with E-state index in [1.54, 1.807) is 19.9 Å². The number of hydrogen-bond donors (Lipinski definition) is 2. The van der Waals surface area contributed by atoms with E-state index in [0.29, 0.717) is 24.0 Å². The molecule has 2 unspecified atom stereocenters. The van der Waals surface area contributed by atoms with E-state index in [-0.39, 0.29) is 32.4 Å². The van der Waals surface area contributed by atoms with E-state index in [0.717, 1.165) is 44.9 Å². The SMILES string of the molecule is CC/C=C\C/C=C\C/C=C\C/C=C\C/C=C\C/C=C\CC(=O)OCC(C)(C)C(OC(=O)CCCC[C@@H](C)C1CCSS1)C(=O)NCCC(=O)O. The van der Waals surface area contributed by atoms with E-state index < -0.39 is 35.3 Å². The summed E-state index contributed by atoms with van der Waals surface area (Å²) in [5.74, 6) is -0.843. The molecular weight excluding hydrogens is 671 g/mol. The van der Waals surface area contributed by atoms with E-state index in [2.05, 4.69) is 73.8 Å². The van der Waals surface area contributed by atoms with Crippen LogP contribution >= 0.6 is 21.6 Å². The molecule has 0 aromatic heterocycles. The third-order valence-electron chi connectivity index (χ3n) is 7.92. The van der Waals surface area contributed by atoms with Crippen LogP contribution in [0.15, 0.2) is 72.9 Å². The first kappa shape index (κ1) is 45.0. The molecule has 3 atom stereocenters. The van der Waals surface area contributed by atoms with Gasteiger partial charge in [0.2, 0.25) is 0 Å². The first-order chi connectivity index (χ1) is 24.1. The number of aliphatic carboxylic acids is 1. The van der Waals surface area contributed by atoms with E-state index in [9.17, 15) is 19.2 Å². The quantitative estimate of drug-likeness (QED) is 0.0369. The second-order valence-electron chi connectivity index (χ2n) is 13.0. The van der Waals surface area contributed by atoms with Crippen LogP contribution in [0.4, 0.5) is 0 Å². The zero-order chi connectivity index (χ0) is 36.9. The second kappa shape index (κ2) is 28.7. The van der Waals surface area contributed by atoms with Gasteiger partial charge in [0.15, 0.2) is 6.10 Å². The number of carbonyl (C=O) groups is 4. The molecule has 1 aliphatic rings. The Hall–Kier alpha value is -2.98. The number of ether oxygens (including phenoxy) is 2. The highest BCUT2D eigenvalue weighted by atomic mass is 33.1. The number of hydrogen-bond acceptors (Lipinski definition) is 8. The van der Waals surface area contributed by atoms with Gasteiger partial charge < -0.3 is 19.9 Å². The molecule has 1 saturated heterocycles. The number of carbonyl (C=O) groups excluding carboxylic acids is 3. The number of nitrogens with one attached hydrogen (secondary N) is 1. The van der Waals surface area contributed by atoms with Crippen LogP contribution in [0, 0.1) is 11.3 Å². The van der Waals surface area contributed by atoms with Gasteiger partial charge in [0.25, 0.3) is 5.91 Å². The van der Waals surface area contributed by atoms with Crippen LogP contribution in [-0.4, -0.2) is 59.2 Å². The number of unbranched alkanes of at least 4 members (excludes halogenated alkanes) is 1. The average Bonchev–Trinajstić information content (AvgIpc) is 3.63. The Labute approximate surface area is 309 Å². The summed E-state index contributed by atoms with van der Waals surface area (Å²) in [4.78, 5) is 49.2. The van der Waals surface area contributed by atoms with Crippen LogP contribution in [0.3, 0.4) is 0 Å². The Kier molecular flexibility index (Phi) is 25.8. The molecule has 50 heavy (non-hydrogen) atoms. The van der Waals surface area contributed by atoms with Gasteiger partial charge in [-0.15, -0.1) is 0 Å². The Morgan fingerprint density at radius 3 is 1.90 bits per heavy atom. The molecule has 1 rings (SSSR count). The minimum absolute atomic E-state index is 0.0759. The van der Waals surface area contributed by atoms with Crippen molar-refractivity contribution in [2.24, 2.45) is 11.3 Å². The van der Waals surface area contributed by atoms with Crippen molar-refractivity contribution in [2.45, 2.75) is 123 Å². The van der Waals surface area contributed by atoms with Gasteiger partial charge in [-0.2, -0.15) is 0 Å². The van der Waals surface area contributed by atoms with Crippen LogP contribution in [-0.2, 0) is 28.7 Å². The van der Waals surface area contributed by atoms with Gasteiger partial charge >= 0.3 is 17.9 Å². The van der Waals surface area contributed by atoms with Crippen LogP contribution in [0.25, 0.3) is 0 Å². The van der Waals surface area contributed by atoms with Crippen LogP contribution in [0.1, 0.15) is 111 Å². The van der Waals surface area contributed by atoms with E-state index in [1.807, 2.05) is 33.7 Å². The molecule has 0 bridgehead atoms. The van der Waals surface area contributed by atoms with Crippen molar-refractivity contribution < 1.29 is 33.8 Å². The lowest BCUT2D eigenvalue weighted by Gasteiger charge is -2.32. The van der Waals surface area contributed by atoms with Gasteiger partial charge in [-0.05, 0) is 63.7 Å². The number of esters is 2. The van der Waals surface area contributed by atoms with E-state index in [4.69, 9.17) is 14.6 Å². The fourth-order valence-corrected chi connectivity index (χ4v) is 8.16. The second-order valence-corrected chi connectivity index (χ2v) is 15.8. The zero-order valence-corrected chi connectivity index (χ0v) is 32.3. The molecular formula is C40H61NO7S2. The molecule has 0 aliphatic carbocycles. The molecule has 0 saturated carbocycles. The van der Waals surface area contributed by atoms with Gasteiger partial charge in [0.05, 0.1) is 12.8 Å². The Balaban J connectivity index is 2.43. The Morgan fingerprint density at radius 2 is 1.38 bits per heavy atom. The van der Waals surface area contributed by atoms with Crippen molar-refractivity contribution in [3.63, 3.8) is 0 Å². The molecule has 0 aromatic carbocycles. The van der Waals surface area contributed by atoms with Crippen molar-refractivity contribution in [1.82, 2.24) is 5.32 Å². The van der Waals surface area contributed by atoms with Crippen LogP contribution < -0.4 is 5.32 Å². The van der Waals surface area contributed by atoms with E-state index >= 15 is 0 Å². The van der Waals surface area contributed by atoms with Gasteiger partial charge in [-0.25, -0.2) is 0 Å². The van der Waals surface area contributed by atoms with Crippen molar-refractivity contribution in [3.05, 3.63) is 72.9 Å². The summed E-state index contributed by atoms with van der Waals surface area (Å²) in [6.45, 7) is 7.51. The number of carboxylic acids is 1. The van der Waals surface area contributed by atoms with Gasteiger partial charge in [-0.1, -0.05) is 129 Å². The van der Waals surface area contributed by atoms with Crippen molar-refractivity contribution in [1.29, 1.82) is 0 Å². The number of carboxylic acid groups (broad SMARTS) is 1. The number of amides is 1. The summed E-state index contributed by atoms with van der Waals surface area (Å²) >= 11 is 0. The highest BCUT2D eigenvalue weighted by Crippen LogP contribution is 2.42. The minimum atomic E-state index is -1.24. The zero-order valence-electron chi connectivity index (χ0n) is 30.7. The molecule has 1 amide bonds. The molecule has 1 heterocycles. The molecule has 0 spiro atoms. The lowest BCUT2D eigenvalue weighted by molar-refractivity contribution is -0.168. The molecule has 10 heteroatoms. The summed E-state index contributed by atoms with van der Waals surface area (Å²) in [7, 11) is 3.87. The summed E-state index contributed by atoms with van der Waals surface area (Å²) in [5.41, 5.74) is -1.04. The maximum atomic E-state index is 13.0. The topological polar surface area (TPSA) is 119 Å². The molecule has 1 aliphatic heterocycles. The standard InChI is InChI=1S/C40H61NO7S2/c1-5-6-7-8-9-10-11-12-13-14-15-16-17-18-19-20-21-22-26-36(44)47-32-40(3,4)38(39(46)41-30-28-35(42)43)48-37(45)27-24-23-25-33(2)34-29-31-49-50-34/h6-7,9-10,12-13,15-16,18-19,21-22,33-34,38H,5,8,11,14,17,20,23-32H2,1-4H3,(H,41,46)(H,42,43)/b7-6-,10-9-,13-12-,16-15-,19-18-,22-21-/t33-,34?,38?/m1/s1. The smallest absolute Gasteiger partial charge is 0.309 e. The minimum Gasteiger partial charge on any atom is -0.481 e. The summed E-state index contributed by atoms with van der Waals surface area (Å²) in [6, 6.07) is 0. The van der Waals surface area contributed by atoms with Gasteiger partial charge in [0.1, 0.15) is 6.61 Å². The predicted molar refractivity (Wildman–Crippen MR) is 209 cm³/mol. The summed E-state index contributed by atoms with van der Waals surface area (Å²) in [6.07, 6.45) is 33.1. The maximum Gasteiger partial charge on any atom is 0.309 e. The van der Waals surface area contributed by atoms with Gasteiger partial charge in [0, 0.05) is 29.4 Å². The molecule has 280 valence electrons. The summed E-state index contributed by atoms with van der Waals surface area (Å²) in [5, 5.41) is 12.2. The molecule has 2 N–H and O–H groups in total. The normalized spacial score (nSPS) is 16.8. The van der Waals surface area contributed by atoms with Crippen molar-refractivity contribution >= 4 is 45.4 Å². The monoisotopic (exact) mass is 731 g/mol. The lowest BCUT2D eigenvalue weighted by atomic mass is 9.86. The lowest BCUT2D eigenvalue weighted by Crippen LogP contribution is -2.49. The largest absolute Gasteiger partial charge is 0.481 e. The average molecular weight is 732 g/mol. The third kappa shape index (κ3) is 23.4. The highest BCUT2D eigenvalue weighted by molar-refractivity contribution is 8.77. The first-order valence-electron chi connectivity index (χ1n) is 18.1. The van der Waals surface area contributed by atoms with Gasteiger partial charge in [-0.3, -0.25) is 19.2 Å². The predicted octanol–water partition coefficient (Wildman–Crippen LogP) is 9.50. The number of allylic oxidation sites excluding steroid dienone is 11. The Bertz CT molecular complexity index is 1170. The molecule has 1 fully saturated rings.